The highest BCUT2D eigenvalue weighted by molar-refractivity contribution is 6.30. The van der Waals surface area contributed by atoms with Crippen LogP contribution in [0.1, 0.15) is 35.7 Å². The summed E-state index contributed by atoms with van der Waals surface area (Å²) in [4.78, 5) is 17.3. The van der Waals surface area contributed by atoms with Crippen LogP contribution in [0.25, 0.3) is 22.0 Å². The third-order valence-electron chi connectivity index (χ3n) is 6.96. The largest absolute Gasteiger partial charge is 0.328 e. The van der Waals surface area contributed by atoms with Gasteiger partial charge in [-0.3, -0.25) is 4.79 Å². The fourth-order valence-corrected chi connectivity index (χ4v) is 5.06. The number of imidazole rings is 1. The minimum absolute atomic E-state index is 0.0162. The van der Waals surface area contributed by atoms with Crippen molar-refractivity contribution in [2.24, 2.45) is 7.05 Å². The third kappa shape index (κ3) is 4.48. The molecule has 0 amide bonds. The van der Waals surface area contributed by atoms with Crippen LogP contribution in [0.4, 0.5) is 0 Å². The maximum atomic E-state index is 12.8. The minimum Gasteiger partial charge on any atom is -0.328 e. The van der Waals surface area contributed by atoms with Crippen LogP contribution in [-0.2, 0) is 13.6 Å². The molecular formula is C30H27ClN4O. The zero-order valence-corrected chi connectivity index (χ0v) is 20.8. The summed E-state index contributed by atoms with van der Waals surface area (Å²) in [6.07, 6.45) is 6.23. The van der Waals surface area contributed by atoms with Gasteiger partial charge in [-0.05, 0) is 59.4 Å². The molecule has 0 saturated heterocycles. The topological polar surface area (TPSA) is 51.9 Å². The summed E-state index contributed by atoms with van der Waals surface area (Å²) in [5, 5.41) is 5.51. The Balaban J connectivity index is 1.49. The number of nitrogens with one attached hydrogen (secondary N) is 1. The van der Waals surface area contributed by atoms with E-state index in [0.29, 0.717) is 11.1 Å². The van der Waals surface area contributed by atoms with E-state index in [4.69, 9.17) is 11.6 Å². The molecule has 1 fully saturated rings. The molecular weight excluding hydrogens is 468 g/mol. The minimum atomic E-state index is -0.0428. The molecule has 2 aromatic heterocycles. The molecule has 2 heterocycles. The van der Waals surface area contributed by atoms with Crippen molar-refractivity contribution < 1.29 is 0 Å². The number of hydrogen-bond acceptors (Lipinski definition) is 3. The van der Waals surface area contributed by atoms with Crippen LogP contribution >= 0.6 is 11.6 Å². The van der Waals surface area contributed by atoms with Crippen molar-refractivity contribution in [2.75, 3.05) is 0 Å². The number of hydrogen-bond donors (Lipinski definition) is 1. The van der Waals surface area contributed by atoms with Gasteiger partial charge in [0.15, 0.2) is 0 Å². The van der Waals surface area contributed by atoms with Gasteiger partial charge in [0.1, 0.15) is 0 Å². The van der Waals surface area contributed by atoms with E-state index in [2.05, 4.69) is 57.3 Å². The standard InChI is InChI=1S/C30H27ClN4O/c1-34-27-13-10-22(15-26(27)25(16-29(34)36)21-8-5-9-23(31)14-21)30(33-24-11-12-24)28-17-32-19-35(28)18-20-6-3-2-4-7-20/h2-10,13-17,19,24,30,33H,11-12,18H2,1H3. The van der Waals surface area contributed by atoms with Gasteiger partial charge in [-0.15, -0.1) is 0 Å². The Morgan fingerprint density at radius 2 is 1.86 bits per heavy atom. The third-order valence-corrected chi connectivity index (χ3v) is 7.19. The SMILES string of the molecule is Cn1c(=O)cc(-c2cccc(Cl)c2)c2cc(C(NC3CC3)c3cncn3Cc3ccccc3)ccc21. The van der Waals surface area contributed by atoms with Crippen LogP contribution in [0.3, 0.4) is 0 Å². The normalized spacial score (nSPS) is 14.3. The van der Waals surface area contributed by atoms with Crippen molar-refractivity contribution in [2.45, 2.75) is 31.5 Å². The van der Waals surface area contributed by atoms with Crippen molar-refractivity contribution in [1.29, 1.82) is 0 Å². The van der Waals surface area contributed by atoms with Crippen molar-refractivity contribution in [3.8, 4) is 11.1 Å². The first-order valence-electron chi connectivity index (χ1n) is 12.3. The van der Waals surface area contributed by atoms with E-state index in [0.717, 1.165) is 39.8 Å². The van der Waals surface area contributed by atoms with Gasteiger partial charge >= 0.3 is 0 Å². The lowest BCUT2D eigenvalue weighted by Crippen LogP contribution is -2.27. The Morgan fingerprint density at radius 1 is 1.03 bits per heavy atom. The number of pyridine rings is 1. The maximum absolute atomic E-state index is 12.8. The van der Waals surface area contributed by atoms with Crippen molar-refractivity contribution >= 4 is 22.5 Å². The summed E-state index contributed by atoms with van der Waals surface area (Å²) < 4.78 is 3.92. The Labute approximate surface area is 215 Å². The van der Waals surface area contributed by atoms with Crippen LogP contribution < -0.4 is 10.9 Å². The number of fused-ring (bicyclic) bond motifs is 1. The number of nitrogens with zero attached hydrogens (tertiary/aromatic N) is 3. The first kappa shape index (κ1) is 22.8. The summed E-state index contributed by atoms with van der Waals surface area (Å²) in [5.41, 5.74) is 6.18. The van der Waals surface area contributed by atoms with Gasteiger partial charge in [-0.2, -0.15) is 0 Å². The van der Waals surface area contributed by atoms with E-state index in [1.54, 1.807) is 10.6 Å². The zero-order valence-electron chi connectivity index (χ0n) is 20.1. The van der Waals surface area contributed by atoms with E-state index >= 15 is 0 Å². The average molecular weight is 495 g/mol. The maximum Gasteiger partial charge on any atom is 0.251 e. The number of aromatic nitrogens is 3. The Kier molecular flexibility index (Phi) is 5.96. The summed E-state index contributed by atoms with van der Waals surface area (Å²) >= 11 is 6.31. The smallest absolute Gasteiger partial charge is 0.251 e. The van der Waals surface area contributed by atoms with E-state index in [9.17, 15) is 4.79 Å². The second kappa shape index (κ2) is 9.41. The molecule has 1 atom stereocenters. The lowest BCUT2D eigenvalue weighted by molar-refractivity contribution is 0.560. The monoisotopic (exact) mass is 494 g/mol. The highest BCUT2D eigenvalue weighted by atomic mass is 35.5. The number of aryl methyl sites for hydroxylation is 1. The van der Waals surface area contributed by atoms with Crippen LogP contribution in [0, 0.1) is 0 Å². The van der Waals surface area contributed by atoms with E-state index < -0.39 is 0 Å². The van der Waals surface area contributed by atoms with Gasteiger partial charge in [-0.1, -0.05) is 60.1 Å². The molecule has 1 saturated carbocycles. The second-order valence-corrected chi connectivity index (χ2v) is 9.98. The fourth-order valence-electron chi connectivity index (χ4n) is 4.87. The molecule has 0 bridgehead atoms. The van der Waals surface area contributed by atoms with Crippen LogP contribution in [0.2, 0.25) is 5.02 Å². The molecule has 0 aliphatic heterocycles. The lowest BCUT2D eigenvalue weighted by atomic mass is 9.96. The highest BCUT2D eigenvalue weighted by Gasteiger charge is 2.28. The van der Waals surface area contributed by atoms with Gasteiger partial charge < -0.3 is 14.5 Å². The van der Waals surface area contributed by atoms with Crippen molar-refractivity contribution in [3.05, 3.63) is 124 Å². The summed E-state index contributed by atoms with van der Waals surface area (Å²) in [6.45, 7) is 0.759. The Morgan fingerprint density at radius 3 is 2.64 bits per heavy atom. The molecule has 1 aliphatic carbocycles. The first-order chi connectivity index (χ1) is 17.6. The summed E-state index contributed by atoms with van der Waals surface area (Å²) in [6, 6.07) is 26.7. The number of halogens is 1. The van der Waals surface area contributed by atoms with Gasteiger partial charge in [0.25, 0.3) is 5.56 Å². The number of rotatable bonds is 7. The molecule has 3 aromatic carbocycles. The predicted octanol–water partition coefficient (Wildman–Crippen LogP) is 5.95. The molecule has 180 valence electrons. The van der Waals surface area contributed by atoms with Crippen molar-refractivity contribution in [3.63, 3.8) is 0 Å². The van der Waals surface area contributed by atoms with Crippen LogP contribution in [-0.4, -0.2) is 20.2 Å². The van der Waals surface area contributed by atoms with Crippen LogP contribution in [0.5, 0.6) is 0 Å². The quantitative estimate of drug-likeness (QED) is 0.304. The zero-order chi connectivity index (χ0) is 24.6. The van der Waals surface area contributed by atoms with Gasteiger partial charge in [0.2, 0.25) is 0 Å². The van der Waals surface area contributed by atoms with Gasteiger partial charge in [0.05, 0.1) is 29.8 Å². The van der Waals surface area contributed by atoms with Gasteiger partial charge in [-0.25, -0.2) is 4.98 Å². The summed E-state index contributed by atoms with van der Waals surface area (Å²) in [5.74, 6) is 0. The predicted molar refractivity (Wildman–Crippen MR) is 145 cm³/mol. The molecule has 5 aromatic rings. The molecule has 6 heteroatoms. The van der Waals surface area contributed by atoms with Crippen molar-refractivity contribution in [1.82, 2.24) is 19.4 Å². The molecule has 1 aliphatic rings. The fraction of sp³-hybridized carbons (Fsp3) is 0.200. The van der Waals surface area contributed by atoms with Gasteiger partial charge in [0, 0.05) is 36.1 Å². The summed E-state index contributed by atoms with van der Waals surface area (Å²) in [7, 11) is 1.82. The van der Waals surface area contributed by atoms with E-state index in [1.807, 2.05) is 49.9 Å². The average Bonchev–Trinajstić information content (AvgIpc) is 3.61. The van der Waals surface area contributed by atoms with E-state index in [-0.39, 0.29) is 11.6 Å². The lowest BCUT2D eigenvalue weighted by Gasteiger charge is -2.22. The molecule has 0 radical (unpaired) electrons. The molecule has 6 rings (SSSR count). The molecule has 0 spiro atoms. The molecule has 1 unspecified atom stereocenters. The Hall–Kier alpha value is -3.67. The second-order valence-electron chi connectivity index (χ2n) is 9.55. The highest BCUT2D eigenvalue weighted by Crippen LogP contribution is 2.34. The van der Waals surface area contributed by atoms with Crippen LogP contribution in [0.15, 0.2) is 96.2 Å². The first-order valence-corrected chi connectivity index (χ1v) is 12.6. The van der Waals surface area contributed by atoms with E-state index in [1.165, 1.54) is 18.4 Å². The molecule has 5 nitrogen and oxygen atoms in total. The molecule has 36 heavy (non-hydrogen) atoms. The number of benzene rings is 3. The molecule has 1 N–H and O–H groups in total. The Bertz CT molecular complexity index is 1600.